The Morgan fingerprint density at radius 3 is 2.53 bits per heavy atom. The lowest BCUT2D eigenvalue weighted by molar-refractivity contribution is -0.143. The van der Waals surface area contributed by atoms with Gasteiger partial charge in [-0.05, 0) is 62.1 Å². The van der Waals surface area contributed by atoms with Crippen LogP contribution in [-0.2, 0) is 27.9 Å². The van der Waals surface area contributed by atoms with Gasteiger partial charge in [-0.25, -0.2) is 4.79 Å². The Labute approximate surface area is 196 Å². The van der Waals surface area contributed by atoms with Crippen LogP contribution >= 0.6 is 12.4 Å². The number of carbonyl (C=O) groups is 2. The van der Waals surface area contributed by atoms with Gasteiger partial charge in [0, 0.05) is 31.7 Å². The molecule has 0 spiro atoms. The zero-order valence-corrected chi connectivity index (χ0v) is 19.6. The first-order chi connectivity index (χ1) is 15.0. The highest BCUT2D eigenvalue weighted by Crippen LogP contribution is 2.41. The van der Waals surface area contributed by atoms with Gasteiger partial charge < -0.3 is 15.0 Å². The summed E-state index contributed by atoms with van der Waals surface area (Å²) in [5, 5.41) is 3.04. The average Bonchev–Trinajstić information content (AvgIpc) is 3.01. The normalized spacial score (nSPS) is 20.7. The van der Waals surface area contributed by atoms with Crippen molar-refractivity contribution in [2.24, 2.45) is 0 Å². The standard InChI is InChI=1S/C25H31N3O3.ClH/c1-3-31-23(29)11-14-25(21-7-5-4-6-8-21)18-26-24(30)28(25)22-10-9-19-12-15-27(2)16-13-20(19)17-22;/h4-10,17H,3,11-16,18H2,1-2H3,(H,26,30);1H. The van der Waals surface area contributed by atoms with E-state index in [0.717, 1.165) is 37.2 Å². The molecular weight excluding hydrogens is 426 g/mol. The molecule has 2 aliphatic heterocycles. The SMILES string of the molecule is CCOC(=O)CCC1(c2ccccc2)CNC(=O)N1c1ccc2c(c1)CCN(C)CC2.Cl. The second-order valence-corrected chi connectivity index (χ2v) is 8.45. The van der Waals surface area contributed by atoms with E-state index in [4.69, 9.17) is 4.74 Å². The summed E-state index contributed by atoms with van der Waals surface area (Å²) in [5.74, 6) is -0.234. The number of halogens is 1. The number of fused-ring (bicyclic) bond motifs is 1. The van der Waals surface area contributed by atoms with Crippen LogP contribution in [0.5, 0.6) is 0 Å². The van der Waals surface area contributed by atoms with Gasteiger partial charge in [-0.1, -0.05) is 36.4 Å². The van der Waals surface area contributed by atoms with Crippen molar-refractivity contribution in [1.82, 2.24) is 10.2 Å². The second-order valence-electron chi connectivity index (χ2n) is 8.45. The fraction of sp³-hybridized carbons (Fsp3) is 0.440. The van der Waals surface area contributed by atoms with Gasteiger partial charge >= 0.3 is 12.0 Å². The molecule has 2 aliphatic rings. The van der Waals surface area contributed by atoms with Crippen LogP contribution in [-0.4, -0.2) is 50.2 Å². The summed E-state index contributed by atoms with van der Waals surface area (Å²) >= 11 is 0. The van der Waals surface area contributed by atoms with Crippen molar-refractivity contribution >= 4 is 30.1 Å². The van der Waals surface area contributed by atoms with E-state index in [1.807, 2.05) is 42.2 Å². The third-order valence-electron chi connectivity index (χ3n) is 6.50. The van der Waals surface area contributed by atoms with Crippen LogP contribution in [0.1, 0.15) is 36.5 Å². The van der Waals surface area contributed by atoms with E-state index in [0.29, 0.717) is 19.6 Å². The Morgan fingerprint density at radius 1 is 1.09 bits per heavy atom. The molecule has 0 bridgehead atoms. The largest absolute Gasteiger partial charge is 0.466 e. The van der Waals surface area contributed by atoms with Gasteiger partial charge in [0.25, 0.3) is 0 Å². The summed E-state index contributed by atoms with van der Waals surface area (Å²) in [5.41, 5.74) is 3.91. The van der Waals surface area contributed by atoms with Gasteiger partial charge in [-0.2, -0.15) is 0 Å². The first-order valence-electron chi connectivity index (χ1n) is 11.1. The molecule has 1 atom stereocenters. The molecule has 7 heteroatoms. The number of amides is 2. The summed E-state index contributed by atoms with van der Waals surface area (Å²) in [4.78, 5) is 29.5. The predicted octanol–water partition coefficient (Wildman–Crippen LogP) is 3.91. The number of esters is 1. The van der Waals surface area contributed by atoms with Gasteiger partial charge in [-0.15, -0.1) is 12.4 Å². The topological polar surface area (TPSA) is 61.9 Å². The van der Waals surface area contributed by atoms with E-state index >= 15 is 0 Å². The number of ether oxygens (including phenoxy) is 1. The number of nitrogens with one attached hydrogen (secondary N) is 1. The van der Waals surface area contributed by atoms with Crippen LogP contribution < -0.4 is 10.2 Å². The van der Waals surface area contributed by atoms with Gasteiger partial charge in [-0.3, -0.25) is 9.69 Å². The van der Waals surface area contributed by atoms with Crippen molar-refractivity contribution in [3.05, 3.63) is 65.2 Å². The van der Waals surface area contributed by atoms with Crippen molar-refractivity contribution in [3.63, 3.8) is 0 Å². The Morgan fingerprint density at radius 2 is 1.81 bits per heavy atom. The van der Waals surface area contributed by atoms with E-state index < -0.39 is 5.54 Å². The number of benzene rings is 2. The van der Waals surface area contributed by atoms with Crippen molar-refractivity contribution in [2.45, 2.75) is 38.1 Å². The quantitative estimate of drug-likeness (QED) is 0.668. The maximum Gasteiger partial charge on any atom is 0.322 e. The minimum Gasteiger partial charge on any atom is -0.466 e. The van der Waals surface area contributed by atoms with Crippen molar-refractivity contribution < 1.29 is 14.3 Å². The predicted molar refractivity (Wildman–Crippen MR) is 128 cm³/mol. The van der Waals surface area contributed by atoms with Crippen LogP contribution in [0.15, 0.2) is 48.5 Å². The minimum absolute atomic E-state index is 0. The zero-order valence-electron chi connectivity index (χ0n) is 18.8. The van der Waals surface area contributed by atoms with Crippen LogP contribution in [0, 0.1) is 0 Å². The van der Waals surface area contributed by atoms with Gasteiger partial charge in [0.15, 0.2) is 0 Å². The summed E-state index contributed by atoms with van der Waals surface area (Å²) < 4.78 is 5.18. The van der Waals surface area contributed by atoms with Crippen LogP contribution in [0.4, 0.5) is 10.5 Å². The third kappa shape index (κ3) is 4.76. The van der Waals surface area contributed by atoms with E-state index in [2.05, 4.69) is 35.5 Å². The van der Waals surface area contributed by atoms with Crippen molar-refractivity contribution in [2.75, 3.05) is 38.2 Å². The number of anilines is 1. The molecule has 1 unspecified atom stereocenters. The average molecular weight is 458 g/mol. The Hall–Kier alpha value is -2.57. The molecule has 2 amide bonds. The minimum atomic E-state index is -0.638. The molecule has 172 valence electrons. The molecule has 0 aliphatic carbocycles. The number of likely N-dealkylation sites (N-methyl/N-ethyl adjacent to an activating group) is 1. The monoisotopic (exact) mass is 457 g/mol. The molecule has 0 radical (unpaired) electrons. The second kappa shape index (κ2) is 10.4. The van der Waals surface area contributed by atoms with Crippen molar-refractivity contribution in [3.8, 4) is 0 Å². The molecule has 1 fully saturated rings. The lowest BCUT2D eigenvalue weighted by Gasteiger charge is -2.38. The summed E-state index contributed by atoms with van der Waals surface area (Å²) in [7, 11) is 2.15. The molecule has 1 saturated heterocycles. The van der Waals surface area contributed by atoms with Crippen molar-refractivity contribution in [1.29, 1.82) is 0 Å². The van der Waals surface area contributed by atoms with E-state index in [9.17, 15) is 9.59 Å². The van der Waals surface area contributed by atoms with E-state index in [-0.39, 0.29) is 30.8 Å². The fourth-order valence-corrected chi connectivity index (χ4v) is 4.77. The number of hydrogen-bond donors (Lipinski definition) is 1. The first-order valence-corrected chi connectivity index (χ1v) is 11.1. The number of nitrogens with zero attached hydrogens (tertiary/aromatic N) is 2. The fourth-order valence-electron chi connectivity index (χ4n) is 4.77. The number of carbonyl (C=O) groups excluding carboxylic acids is 2. The number of urea groups is 1. The zero-order chi connectivity index (χ0) is 21.8. The maximum absolute atomic E-state index is 13.1. The molecule has 1 N–H and O–H groups in total. The van der Waals surface area contributed by atoms with Crippen LogP contribution in [0.3, 0.4) is 0 Å². The molecule has 4 rings (SSSR count). The lowest BCUT2D eigenvalue weighted by Crippen LogP contribution is -2.45. The summed E-state index contributed by atoms with van der Waals surface area (Å²) in [6, 6.07) is 16.3. The number of rotatable bonds is 6. The van der Waals surface area contributed by atoms with Gasteiger partial charge in [0.2, 0.25) is 0 Å². The molecule has 2 aromatic rings. The molecule has 32 heavy (non-hydrogen) atoms. The Balaban J connectivity index is 0.00000289. The molecule has 6 nitrogen and oxygen atoms in total. The molecular formula is C25H32ClN3O3. The first kappa shape index (κ1) is 24.1. The summed E-state index contributed by atoms with van der Waals surface area (Å²) in [6.45, 7) is 4.68. The van der Waals surface area contributed by atoms with E-state index in [1.54, 1.807) is 0 Å². The highest BCUT2D eigenvalue weighted by atomic mass is 35.5. The molecule has 0 aromatic heterocycles. The highest BCUT2D eigenvalue weighted by Gasteiger charge is 2.47. The number of hydrogen-bond acceptors (Lipinski definition) is 4. The smallest absolute Gasteiger partial charge is 0.322 e. The van der Waals surface area contributed by atoms with Gasteiger partial charge in [0.05, 0.1) is 12.1 Å². The summed E-state index contributed by atoms with van der Waals surface area (Å²) in [6.07, 6.45) is 2.74. The highest BCUT2D eigenvalue weighted by molar-refractivity contribution is 5.96. The Kier molecular flexibility index (Phi) is 7.80. The molecule has 2 heterocycles. The Bertz CT molecular complexity index is 953. The molecule has 2 aromatic carbocycles. The van der Waals surface area contributed by atoms with Gasteiger partial charge in [0.1, 0.15) is 0 Å². The van der Waals surface area contributed by atoms with Crippen LogP contribution in [0.2, 0.25) is 0 Å². The van der Waals surface area contributed by atoms with E-state index in [1.165, 1.54) is 11.1 Å². The lowest BCUT2D eigenvalue weighted by atomic mass is 9.84. The maximum atomic E-state index is 13.1. The third-order valence-corrected chi connectivity index (χ3v) is 6.50. The molecule has 0 saturated carbocycles. The van der Waals surface area contributed by atoms with Crippen LogP contribution in [0.25, 0.3) is 0 Å².